The van der Waals surface area contributed by atoms with Crippen LogP contribution < -0.4 is 4.74 Å². The molecule has 3 aromatic rings. The van der Waals surface area contributed by atoms with Gasteiger partial charge >= 0.3 is 5.97 Å². The van der Waals surface area contributed by atoms with Crippen LogP contribution >= 0.6 is 0 Å². The number of fused-ring (bicyclic) bond motifs is 1. The molecule has 1 saturated heterocycles. The van der Waals surface area contributed by atoms with Gasteiger partial charge in [0.1, 0.15) is 11.3 Å². The van der Waals surface area contributed by atoms with Crippen LogP contribution in [0, 0.1) is 0 Å². The number of nitrogens with zero attached hydrogens (tertiary/aromatic N) is 2. The predicted octanol–water partition coefficient (Wildman–Crippen LogP) is 3.72. The maximum absolute atomic E-state index is 12.5. The van der Waals surface area contributed by atoms with Gasteiger partial charge in [0.25, 0.3) is 5.91 Å². The number of aromatic nitrogens is 1. The molecule has 1 fully saturated rings. The number of benzene rings is 2. The smallest absolute Gasteiger partial charge is 0.306 e. The fraction of sp³-hybridized carbons (Fsp3) is 0.375. The average molecular weight is 422 g/mol. The lowest BCUT2D eigenvalue weighted by Gasteiger charge is -2.30. The topological polar surface area (TPSA) is 81.9 Å². The summed E-state index contributed by atoms with van der Waals surface area (Å²) < 4.78 is 16.4. The Morgan fingerprint density at radius 2 is 1.84 bits per heavy atom. The van der Waals surface area contributed by atoms with E-state index in [-0.39, 0.29) is 30.8 Å². The highest BCUT2D eigenvalue weighted by molar-refractivity contribution is 5.80. The summed E-state index contributed by atoms with van der Waals surface area (Å²) >= 11 is 0. The minimum Gasteiger partial charge on any atom is -0.496 e. The molecule has 0 spiro atoms. The molecule has 0 aliphatic carbocycles. The number of hydrogen-bond donors (Lipinski definition) is 0. The minimum atomic E-state index is -0.388. The second kappa shape index (κ2) is 9.64. The molecule has 31 heavy (non-hydrogen) atoms. The normalized spacial score (nSPS) is 14.5. The van der Waals surface area contributed by atoms with E-state index in [0.29, 0.717) is 19.5 Å². The number of hydrogen-bond acceptors (Lipinski definition) is 6. The van der Waals surface area contributed by atoms with Crippen LogP contribution in [0.1, 0.15) is 36.6 Å². The molecule has 1 aliphatic heterocycles. The molecule has 2 heterocycles. The SMILES string of the molecule is COc1ccccc1CCC(=O)OCC(=O)N1CCC(c2nc3ccccc3o2)CC1. The van der Waals surface area contributed by atoms with Crippen molar-refractivity contribution in [3.8, 4) is 5.75 Å². The van der Waals surface area contributed by atoms with E-state index < -0.39 is 0 Å². The van der Waals surface area contributed by atoms with E-state index in [1.807, 2.05) is 48.5 Å². The number of amides is 1. The standard InChI is InChI=1S/C24H26N2O5/c1-29-20-8-4-2-6-17(20)10-11-23(28)30-16-22(27)26-14-12-18(13-15-26)24-25-19-7-3-5-9-21(19)31-24/h2-9,18H,10-16H2,1H3. The molecule has 4 rings (SSSR count). The summed E-state index contributed by atoms with van der Waals surface area (Å²) in [6, 6.07) is 15.3. The maximum atomic E-state index is 12.5. The number of likely N-dealkylation sites (tertiary alicyclic amines) is 1. The van der Waals surface area contributed by atoms with Gasteiger partial charge in [0, 0.05) is 25.4 Å². The molecule has 0 unspecified atom stereocenters. The molecular formula is C24H26N2O5. The van der Waals surface area contributed by atoms with E-state index in [2.05, 4.69) is 4.98 Å². The molecule has 162 valence electrons. The predicted molar refractivity (Wildman–Crippen MR) is 115 cm³/mol. The van der Waals surface area contributed by atoms with E-state index >= 15 is 0 Å². The minimum absolute atomic E-state index is 0.165. The number of oxazole rings is 1. The van der Waals surface area contributed by atoms with Crippen LogP contribution in [0.5, 0.6) is 5.75 Å². The van der Waals surface area contributed by atoms with Crippen LogP contribution in [0.3, 0.4) is 0 Å². The third-order valence-electron chi connectivity index (χ3n) is 5.65. The number of aryl methyl sites for hydroxylation is 1. The fourth-order valence-corrected chi connectivity index (χ4v) is 3.89. The Labute approximate surface area is 181 Å². The number of rotatable bonds is 7. The van der Waals surface area contributed by atoms with Gasteiger partial charge in [-0.3, -0.25) is 9.59 Å². The lowest BCUT2D eigenvalue weighted by molar-refractivity contribution is -0.152. The highest BCUT2D eigenvalue weighted by Crippen LogP contribution is 2.30. The molecule has 0 bridgehead atoms. The Morgan fingerprint density at radius 3 is 2.61 bits per heavy atom. The van der Waals surface area contributed by atoms with Gasteiger partial charge in [-0.25, -0.2) is 4.98 Å². The van der Waals surface area contributed by atoms with E-state index in [9.17, 15) is 9.59 Å². The lowest BCUT2D eigenvalue weighted by atomic mass is 9.97. The van der Waals surface area contributed by atoms with Crippen molar-refractivity contribution in [3.63, 3.8) is 0 Å². The zero-order chi connectivity index (χ0) is 21.6. The number of para-hydroxylation sites is 3. The lowest BCUT2D eigenvalue weighted by Crippen LogP contribution is -2.40. The first-order chi connectivity index (χ1) is 15.1. The highest BCUT2D eigenvalue weighted by atomic mass is 16.5. The van der Waals surface area contributed by atoms with Crippen LogP contribution in [0.25, 0.3) is 11.1 Å². The molecule has 7 heteroatoms. The summed E-state index contributed by atoms with van der Waals surface area (Å²) in [6.07, 6.45) is 2.26. The van der Waals surface area contributed by atoms with E-state index in [0.717, 1.165) is 41.1 Å². The zero-order valence-electron chi connectivity index (χ0n) is 17.6. The Kier molecular flexibility index (Phi) is 6.50. The van der Waals surface area contributed by atoms with Crippen molar-refractivity contribution in [2.75, 3.05) is 26.8 Å². The molecule has 0 saturated carbocycles. The van der Waals surface area contributed by atoms with E-state index in [1.165, 1.54) is 0 Å². The van der Waals surface area contributed by atoms with Crippen molar-refractivity contribution < 1.29 is 23.5 Å². The number of piperidine rings is 1. The largest absolute Gasteiger partial charge is 0.496 e. The number of methoxy groups -OCH3 is 1. The molecule has 1 aliphatic rings. The number of ether oxygens (including phenoxy) is 2. The summed E-state index contributed by atoms with van der Waals surface area (Å²) in [6.45, 7) is 0.973. The van der Waals surface area contributed by atoms with Crippen molar-refractivity contribution in [1.29, 1.82) is 0 Å². The number of carbonyl (C=O) groups excluding carboxylic acids is 2. The molecule has 0 N–H and O–H groups in total. The monoisotopic (exact) mass is 422 g/mol. The van der Waals surface area contributed by atoms with Crippen molar-refractivity contribution in [2.24, 2.45) is 0 Å². The second-order valence-corrected chi connectivity index (χ2v) is 7.65. The first-order valence-corrected chi connectivity index (χ1v) is 10.5. The number of esters is 1. The Bertz CT molecular complexity index is 1020. The van der Waals surface area contributed by atoms with Crippen LogP contribution in [-0.2, 0) is 20.7 Å². The summed E-state index contributed by atoms with van der Waals surface area (Å²) in [7, 11) is 1.60. The van der Waals surface area contributed by atoms with Crippen LogP contribution in [0.2, 0.25) is 0 Å². The van der Waals surface area contributed by atoms with Crippen LogP contribution in [0.4, 0.5) is 0 Å². The van der Waals surface area contributed by atoms with Gasteiger partial charge in [-0.2, -0.15) is 0 Å². The van der Waals surface area contributed by atoms with Crippen LogP contribution in [0.15, 0.2) is 52.9 Å². The van der Waals surface area contributed by atoms with Crippen LogP contribution in [-0.4, -0.2) is 48.6 Å². The molecule has 1 aromatic heterocycles. The third-order valence-corrected chi connectivity index (χ3v) is 5.65. The fourth-order valence-electron chi connectivity index (χ4n) is 3.89. The van der Waals surface area contributed by atoms with Gasteiger partial charge in [-0.05, 0) is 43.0 Å². The number of carbonyl (C=O) groups is 2. The van der Waals surface area contributed by atoms with Gasteiger partial charge in [0.15, 0.2) is 18.1 Å². The van der Waals surface area contributed by atoms with Gasteiger partial charge in [0.2, 0.25) is 0 Å². The molecule has 7 nitrogen and oxygen atoms in total. The van der Waals surface area contributed by atoms with Crippen molar-refractivity contribution in [2.45, 2.75) is 31.6 Å². The molecule has 0 atom stereocenters. The Morgan fingerprint density at radius 1 is 1.10 bits per heavy atom. The first kappa shape index (κ1) is 20.9. The van der Waals surface area contributed by atoms with Gasteiger partial charge in [0.05, 0.1) is 7.11 Å². The van der Waals surface area contributed by atoms with Gasteiger partial charge in [-0.15, -0.1) is 0 Å². The van der Waals surface area contributed by atoms with Crippen molar-refractivity contribution in [1.82, 2.24) is 9.88 Å². The van der Waals surface area contributed by atoms with E-state index in [4.69, 9.17) is 13.9 Å². The Hall–Kier alpha value is -3.35. The van der Waals surface area contributed by atoms with Gasteiger partial charge < -0.3 is 18.8 Å². The summed E-state index contributed by atoms with van der Waals surface area (Å²) in [4.78, 5) is 30.8. The molecule has 1 amide bonds. The summed E-state index contributed by atoms with van der Waals surface area (Å²) in [5.74, 6) is 1.12. The van der Waals surface area contributed by atoms with E-state index in [1.54, 1.807) is 12.0 Å². The first-order valence-electron chi connectivity index (χ1n) is 10.5. The van der Waals surface area contributed by atoms with Gasteiger partial charge in [-0.1, -0.05) is 30.3 Å². The quantitative estimate of drug-likeness (QED) is 0.540. The molecule has 0 radical (unpaired) electrons. The average Bonchev–Trinajstić information content (AvgIpc) is 3.26. The maximum Gasteiger partial charge on any atom is 0.306 e. The summed E-state index contributed by atoms with van der Waals surface area (Å²) in [5.41, 5.74) is 2.58. The summed E-state index contributed by atoms with van der Waals surface area (Å²) in [5, 5.41) is 0. The zero-order valence-corrected chi connectivity index (χ0v) is 17.6. The van der Waals surface area contributed by atoms with Crippen molar-refractivity contribution in [3.05, 3.63) is 60.0 Å². The Balaban J connectivity index is 1.21. The highest BCUT2D eigenvalue weighted by Gasteiger charge is 2.27. The second-order valence-electron chi connectivity index (χ2n) is 7.65. The molecular weight excluding hydrogens is 396 g/mol. The third kappa shape index (κ3) is 5.05. The molecule has 2 aromatic carbocycles. The van der Waals surface area contributed by atoms with Crippen molar-refractivity contribution >= 4 is 23.0 Å².